The summed E-state index contributed by atoms with van der Waals surface area (Å²) < 4.78 is 6.55. The molecule has 4 nitrogen and oxygen atoms in total. The van der Waals surface area contributed by atoms with Gasteiger partial charge in [0.25, 0.3) is 0 Å². The van der Waals surface area contributed by atoms with Crippen LogP contribution in [0.4, 0.5) is 0 Å². The zero-order valence-corrected chi connectivity index (χ0v) is 7.86. The Hall–Kier alpha value is -1.55. The van der Waals surface area contributed by atoms with Gasteiger partial charge in [-0.05, 0) is 24.6 Å². The van der Waals surface area contributed by atoms with Gasteiger partial charge in [-0.1, -0.05) is 6.07 Å². The van der Waals surface area contributed by atoms with Gasteiger partial charge in [0.15, 0.2) is 5.58 Å². The molecule has 1 aromatic heterocycles. The molecule has 0 aliphatic carbocycles. The van der Waals surface area contributed by atoms with Crippen molar-refractivity contribution in [2.24, 2.45) is 0 Å². The fourth-order valence-electron chi connectivity index (χ4n) is 1.51. The molecule has 2 rings (SSSR count). The van der Waals surface area contributed by atoms with Crippen molar-refractivity contribution in [1.29, 1.82) is 0 Å². The lowest BCUT2D eigenvalue weighted by molar-refractivity contribution is 0.282. The van der Waals surface area contributed by atoms with Gasteiger partial charge in [0, 0.05) is 6.54 Å². The molecule has 1 N–H and O–H groups in total. The van der Waals surface area contributed by atoms with E-state index >= 15 is 0 Å². The molecule has 0 bridgehead atoms. The van der Waals surface area contributed by atoms with Crippen LogP contribution >= 0.6 is 0 Å². The first-order chi connectivity index (χ1) is 6.76. The fourth-order valence-corrected chi connectivity index (χ4v) is 1.51. The minimum atomic E-state index is -0.349. The predicted molar refractivity (Wildman–Crippen MR) is 52.1 cm³/mol. The van der Waals surface area contributed by atoms with Gasteiger partial charge in [-0.3, -0.25) is 4.57 Å². The zero-order valence-electron chi connectivity index (χ0n) is 7.86. The van der Waals surface area contributed by atoms with Gasteiger partial charge in [-0.2, -0.15) is 0 Å². The van der Waals surface area contributed by atoms with E-state index in [1.165, 1.54) is 4.57 Å². The van der Waals surface area contributed by atoms with Gasteiger partial charge in [0.05, 0.1) is 12.1 Å². The Morgan fingerprint density at radius 2 is 2.29 bits per heavy atom. The summed E-state index contributed by atoms with van der Waals surface area (Å²) in [5, 5.41) is 8.95. The van der Waals surface area contributed by atoms with Crippen LogP contribution in [0.5, 0.6) is 0 Å². The van der Waals surface area contributed by atoms with Crippen molar-refractivity contribution < 1.29 is 9.52 Å². The van der Waals surface area contributed by atoms with Gasteiger partial charge in [-0.15, -0.1) is 0 Å². The van der Waals surface area contributed by atoms with Crippen molar-refractivity contribution in [3.8, 4) is 0 Å². The number of rotatable bonds is 2. The monoisotopic (exact) mass is 193 g/mol. The van der Waals surface area contributed by atoms with E-state index in [2.05, 4.69) is 0 Å². The first kappa shape index (κ1) is 9.02. The number of aliphatic hydroxyl groups is 1. The highest BCUT2D eigenvalue weighted by Gasteiger charge is 2.07. The Labute approximate surface area is 80.4 Å². The zero-order chi connectivity index (χ0) is 10.1. The molecule has 0 radical (unpaired) electrons. The Morgan fingerprint density at radius 3 is 2.93 bits per heavy atom. The van der Waals surface area contributed by atoms with Crippen molar-refractivity contribution in [2.45, 2.75) is 20.1 Å². The molecule has 0 aliphatic rings. The van der Waals surface area contributed by atoms with Crippen molar-refractivity contribution in [1.82, 2.24) is 4.57 Å². The number of hydrogen-bond donors (Lipinski definition) is 1. The van der Waals surface area contributed by atoms with Crippen molar-refractivity contribution in [3.63, 3.8) is 0 Å². The highest BCUT2D eigenvalue weighted by molar-refractivity contribution is 5.73. The van der Waals surface area contributed by atoms with Crippen LogP contribution in [0.25, 0.3) is 11.1 Å². The quantitative estimate of drug-likeness (QED) is 0.777. The smallest absolute Gasteiger partial charge is 0.408 e. The molecule has 74 valence electrons. The Kier molecular flexibility index (Phi) is 2.13. The molecule has 0 saturated heterocycles. The van der Waals surface area contributed by atoms with Crippen LogP contribution in [0.15, 0.2) is 27.4 Å². The Morgan fingerprint density at radius 1 is 1.50 bits per heavy atom. The van der Waals surface area contributed by atoms with Crippen LogP contribution in [-0.2, 0) is 13.2 Å². The topological polar surface area (TPSA) is 55.4 Å². The molecule has 0 saturated carbocycles. The molecule has 1 heterocycles. The average Bonchev–Trinajstić information content (AvgIpc) is 2.52. The second-order valence-corrected chi connectivity index (χ2v) is 3.07. The molecule has 0 atom stereocenters. The third-order valence-electron chi connectivity index (χ3n) is 2.23. The number of aliphatic hydroxyl groups excluding tert-OH is 1. The summed E-state index contributed by atoms with van der Waals surface area (Å²) in [4.78, 5) is 11.3. The van der Waals surface area contributed by atoms with Gasteiger partial charge in [0.2, 0.25) is 0 Å². The number of aromatic nitrogens is 1. The molecular weight excluding hydrogens is 182 g/mol. The van der Waals surface area contributed by atoms with Crippen LogP contribution in [0.1, 0.15) is 12.5 Å². The second-order valence-electron chi connectivity index (χ2n) is 3.07. The van der Waals surface area contributed by atoms with E-state index in [0.29, 0.717) is 12.1 Å². The number of aryl methyl sites for hydroxylation is 1. The fraction of sp³-hybridized carbons (Fsp3) is 0.300. The predicted octanol–water partition coefficient (Wildman–Crippen LogP) is 1.11. The summed E-state index contributed by atoms with van der Waals surface area (Å²) in [5.74, 6) is -0.349. The van der Waals surface area contributed by atoms with E-state index in [9.17, 15) is 4.79 Å². The molecule has 4 heteroatoms. The summed E-state index contributed by atoms with van der Waals surface area (Å²) in [7, 11) is 0. The largest absolute Gasteiger partial charge is 0.419 e. The number of nitrogens with zero attached hydrogens (tertiary/aromatic N) is 1. The van der Waals surface area contributed by atoms with E-state index in [-0.39, 0.29) is 12.4 Å². The molecule has 0 spiro atoms. The van der Waals surface area contributed by atoms with E-state index in [1.807, 2.05) is 6.92 Å². The van der Waals surface area contributed by atoms with Gasteiger partial charge in [0.1, 0.15) is 0 Å². The molecule has 2 aromatic rings. The molecule has 0 aliphatic heterocycles. The van der Waals surface area contributed by atoms with Crippen molar-refractivity contribution in [3.05, 3.63) is 34.3 Å². The highest BCUT2D eigenvalue weighted by Crippen LogP contribution is 2.14. The number of fused-ring (bicyclic) bond motifs is 1. The van der Waals surface area contributed by atoms with Crippen molar-refractivity contribution >= 4 is 11.1 Å². The Bertz CT molecular complexity index is 510. The maximum absolute atomic E-state index is 11.3. The second kappa shape index (κ2) is 3.31. The molecule has 0 fully saturated rings. The third kappa shape index (κ3) is 1.24. The van der Waals surface area contributed by atoms with Gasteiger partial charge in [-0.25, -0.2) is 4.79 Å². The lowest BCUT2D eigenvalue weighted by atomic mass is 10.2. The van der Waals surface area contributed by atoms with E-state index < -0.39 is 0 Å². The summed E-state index contributed by atoms with van der Waals surface area (Å²) in [6.45, 7) is 2.42. The lowest BCUT2D eigenvalue weighted by Crippen LogP contribution is -2.12. The first-order valence-electron chi connectivity index (χ1n) is 4.49. The minimum Gasteiger partial charge on any atom is -0.408 e. The standard InChI is InChI=1S/C10H11NO3/c1-2-11-8-5-7(6-12)3-4-9(8)14-10(11)13/h3-5,12H,2,6H2,1H3. The van der Waals surface area contributed by atoms with Crippen LogP contribution in [0.2, 0.25) is 0 Å². The van der Waals surface area contributed by atoms with Crippen molar-refractivity contribution in [2.75, 3.05) is 0 Å². The van der Waals surface area contributed by atoms with E-state index in [1.54, 1.807) is 18.2 Å². The normalized spacial score (nSPS) is 11.0. The minimum absolute atomic E-state index is 0.0287. The average molecular weight is 193 g/mol. The number of oxazole rings is 1. The van der Waals surface area contributed by atoms with Crippen LogP contribution in [0, 0.1) is 0 Å². The van der Waals surface area contributed by atoms with Gasteiger partial charge >= 0.3 is 5.76 Å². The molecule has 0 unspecified atom stereocenters. The molecule has 0 amide bonds. The maximum atomic E-state index is 11.3. The molecular formula is C10H11NO3. The third-order valence-corrected chi connectivity index (χ3v) is 2.23. The SMILES string of the molecule is CCn1c(=O)oc2ccc(CO)cc21. The highest BCUT2D eigenvalue weighted by atomic mass is 16.4. The molecule has 1 aromatic carbocycles. The summed E-state index contributed by atoms with van der Waals surface area (Å²) in [6.07, 6.45) is 0. The number of hydrogen-bond acceptors (Lipinski definition) is 3. The maximum Gasteiger partial charge on any atom is 0.419 e. The van der Waals surface area contributed by atoms with Crippen LogP contribution < -0.4 is 5.76 Å². The summed E-state index contributed by atoms with van der Waals surface area (Å²) in [6, 6.07) is 5.21. The summed E-state index contributed by atoms with van der Waals surface area (Å²) in [5.41, 5.74) is 2.08. The van der Waals surface area contributed by atoms with Crippen LogP contribution in [0.3, 0.4) is 0 Å². The lowest BCUT2D eigenvalue weighted by Gasteiger charge is -1.98. The van der Waals surface area contributed by atoms with Gasteiger partial charge < -0.3 is 9.52 Å². The Balaban J connectivity index is 2.77. The van der Waals surface area contributed by atoms with E-state index in [0.717, 1.165) is 11.1 Å². The summed E-state index contributed by atoms with van der Waals surface area (Å²) >= 11 is 0. The van der Waals surface area contributed by atoms with Crippen LogP contribution in [-0.4, -0.2) is 9.67 Å². The number of benzene rings is 1. The van der Waals surface area contributed by atoms with E-state index in [4.69, 9.17) is 9.52 Å². The molecule has 14 heavy (non-hydrogen) atoms. The first-order valence-corrected chi connectivity index (χ1v) is 4.49.